The maximum Gasteiger partial charge on any atom is 0.253 e. The molecule has 0 bridgehead atoms. The summed E-state index contributed by atoms with van der Waals surface area (Å²) in [5.41, 5.74) is 2.37. The number of carbonyl (C=O) groups excluding carboxylic acids is 1. The van der Waals surface area contributed by atoms with Crippen LogP contribution in [0.3, 0.4) is 0 Å². The molecule has 1 unspecified atom stereocenters. The molecule has 3 heterocycles. The molecular formula is C25H21ClFN5O4. The number of nitrogens with zero attached hydrogens (tertiary/aromatic N) is 3. The van der Waals surface area contributed by atoms with Crippen LogP contribution in [0.15, 0.2) is 61.1 Å². The zero-order valence-electron chi connectivity index (χ0n) is 19.0. The quantitative estimate of drug-likeness (QED) is 0.340. The molecule has 11 heteroatoms. The van der Waals surface area contributed by atoms with Crippen LogP contribution in [0.1, 0.15) is 27.5 Å². The fourth-order valence-electron chi connectivity index (χ4n) is 3.73. The van der Waals surface area contributed by atoms with Gasteiger partial charge in [-0.1, -0.05) is 17.7 Å². The lowest BCUT2D eigenvalue weighted by Crippen LogP contribution is -2.30. The first-order chi connectivity index (χ1) is 17.4. The van der Waals surface area contributed by atoms with E-state index in [1.165, 1.54) is 18.2 Å². The lowest BCUT2D eigenvalue weighted by atomic mass is 10.1. The topological polar surface area (TPSA) is 111 Å². The average molecular weight is 510 g/mol. The molecule has 0 spiro atoms. The van der Waals surface area contributed by atoms with Crippen LogP contribution in [-0.4, -0.2) is 38.9 Å². The van der Waals surface area contributed by atoms with Crippen molar-refractivity contribution >= 4 is 29.1 Å². The van der Waals surface area contributed by atoms with Gasteiger partial charge in [0.2, 0.25) is 12.7 Å². The van der Waals surface area contributed by atoms with Crippen molar-refractivity contribution in [3.8, 4) is 17.3 Å². The number of rotatable bonds is 7. The number of aliphatic hydroxyl groups excluding tert-OH is 1. The number of fused-ring (bicyclic) bond motifs is 1. The molecule has 1 atom stereocenters. The van der Waals surface area contributed by atoms with Gasteiger partial charge in [-0.05, 0) is 42.8 Å². The maximum absolute atomic E-state index is 13.5. The predicted octanol–water partition coefficient (Wildman–Crippen LogP) is 4.30. The van der Waals surface area contributed by atoms with Crippen molar-refractivity contribution in [2.24, 2.45) is 0 Å². The number of aryl methyl sites for hydroxylation is 1. The SMILES string of the molecule is Cc1cnc(Nc2ccc3c(c2)OCO3)nc1-n1ccc(C(=O)NC(CO)c2ccc(F)c(Cl)c2)c1. The molecule has 4 aromatic rings. The van der Waals surface area contributed by atoms with Crippen molar-refractivity contribution in [1.82, 2.24) is 19.9 Å². The largest absolute Gasteiger partial charge is 0.454 e. The second-order valence-electron chi connectivity index (χ2n) is 8.08. The van der Waals surface area contributed by atoms with Crippen molar-refractivity contribution in [2.45, 2.75) is 13.0 Å². The highest BCUT2D eigenvalue weighted by Gasteiger charge is 2.18. The van der Waals surface area contributed by atoms with Crippen molar-refractivity contribution in [1.29, 1.82) is 0 Å². The number of amides is 1. The van der Waals surface area contributed by atoms with Crippen LogP contribution in [0.5, 0.6) is 11.5 Å². The van der Waals surface area contributed by atoms with Gasteiger partial charge in [0.1, 0.15) is 11.6 Å². The van der Waals surface area contributed by atoms with E-state index in [-0.39, 0.29) is 18.4 Å². The van der Waals surface area contributed by atoms with Crippen LogP contribution < -0.4 is 20.1 Å². The Morgan fingerprint density at radius 1 is 1.22 bits per heavy atom. The van der Waals surface area contributed by atoms with Crippen molar-refractivity contribution in [2.75, 3.05) is 18.7 Å². The monoisotopic (exact) mass is 509 g/mol. The Bertz CT molecular complexity index is 1440. The molecule has 0 saturated carbocycles. The molecule has 0 fully saturated rings. The molecule has 1 aliphatic heterocycles. The summed E-state index contributed by atoms with van der Waals surface area (Å²) in [5, 5.41) is 15.6. The first kappa shape index (κ1) is 23.6. The first-order valence-corrected chi connectivity index (χ1v) is 11.3. The lowest BCUT2D eigenvalue weighted by molar-refractivity contribution is 0.0916. The van der Waals surface area contributed by atoms with Crippen LogP contribution in [0.2, 0.25) is 5.02 Å². The summed E-state index contributed by atoms with van der Waals surface area (Å²) in [7, 11) is 0. The fourth-order valence-corrected chi connectivity index (χ4v) is 3.91. The van der Waals surface area contributed by atoms with E-state index < -0.39 is 17.8 Å². The molecule has 2 aromatic heterocycles. The summed E-state index contributed by atoms with van der Waals surface area (Å²) in [6, 6.07) is 10.3. The smallest absolute Gasteiger partial charge is 0.253 e. The van der Waals surface area contributed by atoms with Crippen LogP contribution in [0.25, 0.3) is 5.82 Å². The Morgan fingerprint density at radius 2 is 2.06 bits per heavy atom. The standard InChI is InChI=1S/C25H21ClFN5O4/c1-14-10-28-25(29-17-3-5-21-22(9-17)36-13-35-21)31-23(14)32-7-6-16(11-32)24(34)30-20(12-33)15-2-4-19(27)18(26)8-15/h2-11,20,33H,12-13H2,1H3,(H,30,34)(H,28,29,31). The van der Waals surface area contributed by atoms with Gasteiger partial charge >= 0.3 is 0 Å². The van der Waals surface area contributed by atoms with Gasteiger partial charge in [-0.25, -0.2) is 9.37 Å². The fraction of sp³-hybridized carbons (Fsp3) is 0.160. The molecule has 9 nitrogen and oxygen atoms in total. The second kappa shape index (κ2) is 9.84. The summed E-state index contributed by atoms with van der Waals surface area (Å²) in [5.74, 6) is 1.26. The third-order valence-corrected chi connectivity index (χ3v) is 5.90. The van der Waals surface area contributed by atoms with E-state index >= 15 is 0 Å². The van der Waals surface area contributed by atoms with Gasteiger partial charge in [-0.15, -0.1) is 0 Å². The number of hydrogen-bond donors (Lipinski definition) is 3. The highest BCUT2D eigenvalue weighted by Crippen LogP contribution is 2.35. The highest BCUT2D eigenvalue weighted by atomic mass is 35.5. The summed E-state index contributed by atoms with van der Waals surface area (Å²) in [4.78, 5) is 21.8. The minimum atomic E-state index is -0.753. The highest BCUT2D eigenvalue weighted by molar-refractivity contribution is 6.30. The van der Waals surface area contributed by atoms with E-state index in [0.717, 1.165) is 11.3 Å². The van der Waals surface area contributed by atoms with E-state index in [0.29, 0.717) is 34.4 Å². The van der Waals surface area contributed by atoms with E-state index in [2.05, 4.69) is 20.6 Å². The molecule has 184 valence electrons. The van der Waals surface area contributed by atoms with Crippen LogP contribution in [0, 0.1) is 12.7 Å². The van der Waals surface area contributed by atoms with Crippen LogP contribution >= 0.6 is 11.6 Å². The number of benzene rings is 2. The number of aliphatic hydroxyl groups is 1. The van der Waals surface area contributed by atoms with E-state index in [4.69, 9.17) is 21.1 Å². The van der Waals surface area contributed by atoms with Gasteiger partial charge in [-0.2, -0.15) is 4.98 Å². The van der Waals surface area contributed by atoms with E-state index in [1.807, 2.05) is 13.0 Å². The Hall–Kier alpha value is -4.15. The lowest BCUT2D eigenvalue weighted by Gasteiger charge is -2.17. The van der Waals surface area contributed by atoms with Crippen molar-refractivity contribution < 1.29 is 23.8 Å². The zero-order chi connectivity index (χ0) is 25.2. The van der Waals surface area contributed by atoms with Crippen molar-refractivity contribution in [3.63, 3.8) is 0 Å². The molecule has 0 aliphatic carbocycles. The average Bonchev–Trinajstić information content (AvgIpc) is 3.55. The summed E-state index contributed by atoms with van der Waals surface area (Å²) >= 11 is 5.84. The molecule has 36 heavy (non-hydrogen) atoms. The van der Waals surface area contributed by atoms with Gasteiger partial charge < -0.3 is 29.8 Å². The Labute approximate surface area is 210 Å². The number of halogens is 2. The molecule has 1 amide bonds. The summed E-state index contributed by atoms with van der Waals surface area (Å²) in [6.07, 6.45) is 5.01. The van der Waals surface area contributed by atoms with Gasteiger partial charge in [0.15, 0.2) is 11.5 Å². The second-order valence-corrected chi connectivity index (χ2v) is 8.49. The molecule has 1 aliphatic rings. The minimum Gasteiger partial charge on any atom is -0.454 e. The van der Waals surface area contributed by atoms with Crippen LogP contribution in [0.4, 0.5) is 16.0 Å². The minimum absolute atomic E-state index is 0.0873. The third kappa shape index (κ3) is 4.81. The predicted molar refractivity (Wildman–Crippen MR) is 131 cm³/mol. The van der Waals surface area contributed by atoms with Crippen LogP contribution in [-0.2, 0) is 0 Å². The molecule has 3 N–H and O–H groups in total. The number of hydrogen-bond acceptors (Lipinski definition) is 7. The number of anilines is 2. The molecule has 0 saturated heterocycles. The molecule has 5 rings (SSSR count). The van der Waals surface area contributed by atoms with Gasteiger partial charge in [-0.3, -0.25) is 4.79 Å². The van der Waals surface area contributed by atoms with Gasteiger partial charge in [0, 0.05) is 35.9 Å². The molecule has 2 aromatic carbocycles. The summed E-state index contributed by atoms with van der Waals surface area (Å²) in [6.45, 7) is 1.66. The molecular weight excluding hydrogens is 489 g/mol. The van der Waals surface area contributed by atoms with Gasteiger partial charge in [0.05, 0.1) is 23.2 Å². The maximum atomic E-state index is 13.5. The van der Waals surface area contributed by atoms with E-state index in [1.54, 1.807) is 41.4 Å². The number of nitrogens with one attached hydrogen (secondary N) is 2. The summed E-state index contributed by atoms with van der Waals surface area (Å²) < 4.78 is 25.9. The number of carbonyl (C=O) groups is 1. The number of ether oxygens (including phenoxy) is 2. The third-order valence-electron chi connectivity index (χ3n) is 5.61. The normalized spacial score (nSPS) is 12.9. The van der Waals surface area contributed by atoms with E-state index in [9.17, 15) is 14.3 Å². The van der Waals surface area contributed by atoms with Gasteiger partial charge in [0.25, 0.3) is 5.91 Å². The van der Waals surface area contributed by atoms with Crippen molar-refractivity contribution in [3.05, 3.63) is 88.6 Å². The number of aromatic nitrogens is 3. The Kier molecular flexibility index (Phi) is 6.45. The Balaban J connectivity index is 1.33. The Morgan fingerprint density at radius 3 is 2.86 bits per heavy atom. The zero-order valence-corrected chi connectivity index (χ0v) is 19.8. The molecule has 0 radical (unpaired) electrons. The first-order valence-electron chi connectivity index (χ1n) is 11.0.